The molecule has 0 saturated carbocycles. The standard InChI is InChI=1S/C13H20BrN3O3S/c1-8(12(18)16-13(2,3)4)17-21(19,20)11-6-5-9(14)7-10(11)15/h5-8,17H,15H2,1-4H3,(H,16,18). The van der Waals surface area contributed by atoms with E-state index in [-0.39, 0.29) is 10.6 Å². The summed E-state index contributed by atoms with van der Waals surface area (Å²) in [6, 6.07) is 3.55. The normalized spacial score (nSPS) is 13.8. The van der Waals surface area contributed by atoms with Gasteiger partial charge in [0, 0.05) is 10.0 Å². The molecule has 1 unspecified atom stereocenters. The van der Waals surface area contributed by atoms with Gasteiger partial charge in [-0.25, -0.2) is 8.42 Å². The molecule has 1 rings (SSSR count). The number of nitrogens with two attached hydrogens (primary N) is 1. The van der Waals surface area contributed by atoms with Crippen LogP contribution in [0.1, 0.15) is 27.7 Å². The number of amides is 1. The first-order valence-corrected chi connectivity index (χ1v) is 8.59. The minimum atomic E-state index is -3.86. The van der Waals surface area contributed by atoms with E-state index in [0.29, 0.717) is 4.47 Å². The maximum Gasteiger partial charge on any atom is 0.243 e. The number of nitrogens with one attached hydrogen (secondary N) is 2. The summed E-state index contributed by atoms with van der Waals surface area (Å²) in [5.41, 5.74) is 5.39. The fraction of sp³-hybridized carbons (Fsp3) is 0.462. The molecule has 4 N–H and O–H groups in total. The maximum absolute atomic E-state index is 12.3. The van der Waals surface area contributed by atoms with E-state index >= 15 is 0 Å². The van der Waals surface area contributed by atoms with Gasteiger partial charge in [0.1, 0.15) is 4.90 Å². The average molecular weight is 378 g/mol. The third-order valence-electron chi connectivity index (χ3n) is 2.48. The second-order valence-electron chi connectivity index (χ2n) is 5.76. The van der Waals surface area contributed by atoms with Crippen molar-refractivity contribution in [1.82, 2.24) is 10.0 Å². The van der Waals surface area contributed by atoms with Crippen LogP contribution in [0.15, 0.2) is 27.6 Å². The molecule has 0 aliphatic rings. The summed E-state index contributed by atoms with van der Waals surface area (Å²) in [7, 11) is -3.86. The number of nitrogen functional groups attached to an aromatic ring is 1. The quantitative estimate of drug-likeness (QED) is 0.693. The summed E-state index contributed by atoms with van der Waals surface area (Å²) in [5, 5.41) is 2.71. The number of benzene rings is 1. The van der Waals surface area contributed by atoms with Crippen molar-refractivity contribution in [2.24, 2.45) is 0 Å². The van der Waals surface area contributed by atoms with Gasteiger partial charge in [-0.3, -0.25) is 4.79 Å². The van der Waals surface area contributed by atoms with Gasteiger partial charge in [0.15, 0.2) is 0 Å². The van der Waals surface area contributed by atoms with Crippen molar-refractivity contribution < 1.29 is 13.2 Å². The zero-order valence-corrected chi connectivity index (χ0v) is 14.8. The molecule has 0 spiro atoms. The van der Waals surface area contributed by atoms with Crippen LogP contribution in [-0.4, -0.2) is 25.9 Å². The van der Waals surface area contributed by atoms with E-state index < -0.39 is 27.5 Å². The van der Waals surface area contributed by atoms with Crippen molar-refractivity contribution >= 4 is 37.5 Å². The Morgan fingerprint density at radius 3 is 2.38 bits per heavy atom. The minimum Gasteiger partial charge on any atom is -0.398 e. The third-order valence-corrected chi connectivity index (χ3v) is 4.59. The summed E-state index contributed by atoms with van der Waals surface area (Å²) in [4.78, 5) is 11.9. The Hall–Kier alpha value is -1.12. The molecule has 1 aromatic carbocycles. The highest BCUT2D eigenvalue weighted by molar-refractivity contribution is 9.10. The van der Waals surface area contributed by atoms with Crippen molar-refractivity contribution in [3.63, 3.8) is 0 Å². The highest BCUT2D eigenvalue weighted by Crippen LogP contribution is 2.22. The fourth-order valence-corrected chi connectivity index (χ4v) is 3.29. The summed E-state index contributed by atoms with van der Waals surface area (Å²) >= 11 is 3.21. The van der Waals surface area contributed by atoms with Crippen LogP contribution in [0.5, 0.6) is 0 Å². The number of halogens is 1. The fourth-order valence-electron chi connectivity index (χ4n) is 1.59. The minimum absolute atomic E-state index is 0.0545. The Labute approximate surface area is 133 Å². The number of hydrogen-bond acceptors (Lipinski definition) is 4. The van der Waals surface area contributed by atoms with E-state index in [4.69, 9.17) is 5.73 Å². The van der Waals surface area contributed by atoms with Crippen LogP contribution in [0.3, 0.4) is 0 Å². The first-order chi connectivity index (χ1) is 9.42. The van der Waals surface area contributed by atoms with Crippen molar-refractivity contribution in [2.45, 2.75) is 44.2 Å². The number of sulfonamides is 1. The smallest absolute Gasteiger partial charge is 0.243 e. The predicted molar refractivity (Wildman–Crippen MR) is 86.2 cm³/mol. The van der Waals surface area contributed by atoms with Crippen LogP contribution in [0, 0.1) is 0 Å². The van der Waals surface area contributed by atoms with E-state index in [1.54, 1.807) is 6.07 Å². The van der Waals surface area contributed by atoms with E-state index in [9.17, 15) is 13.2 Å². The van der Waals surface area contributed by atoms with Crippen LogP contribution in [0.4, 0.5) is 5.69 Å². The molecule has 0 fully saturated rings. The van der Waals surface area contributed by atoms with E-state index in [2.05, 4.69) is 26.0 Å². The lowest BCUT2D eigenvalue weighted by Gasteiger charge is -2.23. The monoisotopic (exact) mass is 377 g/mol. The summed E-state index contributed by atoms with van der Waals surface area (Å²) < 4.78 is 27.5. The van der Waals surface area contributed by atoms with Crippen LogP contribution in [-0.2, 0) is 14.8 Å². The zero-order valence-electron chi connectivity index (χ0n) is 12.4. The Bertz CT molecular complexity index is 639. The molecule has 6 nitrogen and oxygen atoms in total. The van der Waals surface area contributed by atoms with E-state index in [0.717, 1.165) is 0 Å². The number of rotatable bonds is 4. The van der Waals surface area contributed by atoms with Gasteiger partial charge < -0.3 is 11.1 Å². The Morgan fingerprint density at radius 1 is 1.33 bits per heavy atom. The molecule has 1 atom stereocenters. The third kappa shape index (κ3) is 5.29. The Morgan fingerprint density at radius 2 is 1.90 bits per heavy atom. The lowest BCUT2D eigenvalue weighted by atomic mass is 10.1. The average Bonchev–Trinajstić information content (AvgIpc) is 2.24. The van der Waals surface area contributed by atoms with E-state index in [1.165, 1.54) is 19.1 Å². The van der Waals surface area contributed by atoms with Gasteiger partial charge in [-0.2, -0.15) is 4.72 Å². The summed E-state index contributed by atoms with van der Waals surface area (Å²) in [6.07, 6.45) is 0. The molecule has 0 aliphatic heterocycles. The Kier molecular flexibility index (Phi) is 5.40. The first kappa shape index (κ1) is 17.9. The molecule has 1 amide bonds. The van der Waals surface area contributed by atoms with Crippen LogP contribution in [0.25, 0.3) is 0 Å². The summed E-state index contributed by atoms with van der Waals surface area (Å²) in [6.45, 7) is 6.93. The van der Waals surface area contributed by atoms with Crippen molar-refractivity contribution in [3.8, 4) is 0 Å². The van der Waals surface area contributed by atoms with Crippen LogP contribution in [0.2, 0.25) is 0 Å². The molecule has 8 heteroatoms. The molecule has 0 aromatic heterocycles. The number of carbonyl (C=O) groups is 1. The molecule has 118 valence electrons. The van der Waals surface area contributed by atoms with Gasteiger partial charge in [0.25, 0.3) is 0 Å². The van der Waals surface area contributed by atoms with Crippen molar-refractivity contribution in [2.75, 3.05) is 5.73 Å². The second kappa shape index (κ2) is 6.33. The van der Waals surface area contributed by atoms with Gasteiger partial charge in [-0.1, -0.05) is 15.9 Å². The van der Waals surface area contributed by atoms with Crippen LogP contribution >= 0.6 is 15.9 Å². The lowest BCUT2D eigenvalue weighted by Crippen LogP contribution is -2.50. The molecule has 0 bridgehead atoms. The molecule has 1 aromatic rings. The molecule has 0 aliphatic carbocycles. The maximum atomic E-state index is 12.3. The molecule has 0 radical (unpaired) electrons. The van der Waals surface area contributed by atoms with Gasteiger partial charge in [0.05, 0.1) is 11.7 Å². The summed E-state index contributed by atoms with van der Waals surface area (Å²) in [5.74, 6) is -0.401. The van der Waals surface area contributed by atoms with E-state index in [1.807, 2.05) is 20.8 Å². The van der Waals surface area contributed by atoms with Gasteiger partial charge in [-0.15, -0.1) is 0 Å². The van der Waals surface area contributed by atoms with Crippen molar-refractivity contribution in [1.29, 1.82) is 0 Å². The topological polar surface area (TPSA) is 101 Å². The number of anilines is 1. The SMILES string of the molecule is CC(NS(=O)(=O)c1ccc(Br)cc1N)C(=O)NC(C)(C)C. The number of carbonyl (C=O) groups excluding carboxylic acids is 1. The second-order valence-corrected chi connectivity index (χ2v) is 8.36. The largest absolute Gasteiger partial charge is 0.398 e. The molecule has 0 saturated heterocycles. The van der Waals surface area contributed by atoms with Gasteiger partial charge >= 0.3 is 0 Å². The lowest BCUT2D eigenvalue weighted by molar-refractivity contribution is -0.123. The highest BCUT2D eigenvalue weighted by Gasteiger charge is 2.25. The van der Waals surface area contributed by atoms with Crippen LogP contribution < -0.4 is 15.8 Å². The zero-order chi connectivity index (χ0) is 16.4. The number of hydrogen-bond donors (Lipinski definition) is 3. The van der Waals surface area contributed by atoms with Crippen molar-refractivity contribution in [3.05, 3.63) is 22.7 Å². The predicted octanol–water partition coefficient (Wildman–Crippen LogP) is 1.61. The highest BCUT2D eigenvalue weighted by atomic mass is 79.9. The van der Waals surface area contributed by atoms with Gasteiger partial charge in [0.2, 0.25) is 15.9 Å². The first-order valence-electron chi connectivity index (χ1n) is 6.32. The molecular weight excluding hydrogens is 358 g/mol. The molecular formula is C13H20BrN3O3S. The molecule has 21 heavy (non-hydrogen) atoms. The Balaban J connectivity index is 2.92. The van der Waals surface area contributed by atoms with Gasteiger partial charge in [-0.05, 0) is 45.9 Å². The molecule has 0 heterocycles.